The Morgan fingerprint density at radius 1 is 1.53 bits per heavy atom. The third-order valence-electron chi connectivity index (χ3n) is 3.47. The van der Waals surface area contributed by atoms with Gasteiger partial charge in [-0.2, -0.15) is 17.4 Å². The quantitative estimate of drug-likeness (QED) is 0.286. The van der Waals surface area contributed by atoms with E-state index in [2.05, 4.69) is 16.8 Å². The molecule has 1 unspecified atom stereocenters. The Balaban J connectivity index is 2.61. The Morgan fingerprint density at radius 2 is 2.11 bits per heavy atom. The predicted molar refractivity (Wildman–Crippen MR) is 74.1 cm³/mol. The minimum absolute atomic E-state index is 0.0295. The minimum atomic E-state index is -3.48. The van der Waals surface area contributed by atoms with Crippen molar-refractivity contribution in [2.24, 2.45) is 16.8 Å². The number of rotatable bonds is 6. The number of hydrogen-bond donors (Lipinski definition) is 3. The van der Waals surface area contributed by atoms with Gasteiger partial charge in [-0.15, -0.1) is 0 Å². The largest absolute Gasteiger partial charge is 0.409 e. The van der Waals surface area contributed by atoms with E-state index in [-0.39, 0.29) is 18.3 Å². The monoisotopic (exact) mass is 292 g/mol. The zero-order valence-corrected chi connectivity index (χ0v) is 12.4. The predicted octanol–water partition coefficient (Wildman–Crippen LogP) is 0.468. The summed E-state index contributed by atoms with van der Waals surface area (Å²) in [6.45, 7) is 5.09. The van der Waals surface area contributed by atoms with Gasteiger partial charge in [0.25, 0.3) is 10.2 Å². The molecule has 19 heavy (non-hydrogen) atoms. The lowest BCUT2D eigenvalue weighted by molar-refractivity contribution is 0.283. The van der Waals surface area contributed by atoms with Crippen molar-refractivity contribution in [3.05, 3.63) is 0 Å². The van der Waals surface area contributed by atoms with Gasteiger partial charge in [-0.05, 0) is 25.2 Å². The van der Waals surface area contributed by atoms with Crippen LogP contribution in [-0.2, 0) is 10.2 Å². The molecule has 0 radical (unpaired) electrons. The summed E-state index contributed by atoms with van der Waals surface area (Å²) < 4.78 is 28.5. The molecule has 8 heteroatoms. The molecule has 0 amide bonds. The molecule has 4 N–H and O–H groups in total. The van der Waals surface area contributed by atoms with Crippen LogP contribution in [0.1, 0.15) is 39.5 Å². The van der Waals surface area contributed by atoms with Crippen molar-refractivity contribution < 1.29 is 13.6 Å². The molecule has 0 saturated carbocycles. The van der Waals surface area contributed by atoms with Crippen LogP contribution in [-0.4, -0.2) is 42.9 Å². The van der Waals surface area contributed by atoms with Crippen LogP contribution in [0.15, 0.2) is 5.16 Å². The Hall–Kier alpha value is -0.860. The second kappa shape index (κ2) is 7.06. The zero-order valence-electron chi connectivity index (χ0n) is 11.5. The fraction of sp³-hybridized carbons (Fsp3) is 0.909. The molecule has 0 bridgehead atoms. The van der Waals surface area contributed by atoms with Crippen LogP contribution in [0.3, 0.4) is 0 Å². The highest BCUT2D eigenvalue weighted by molar-refractivity contribution is 7.87. The van der Waals surface area contributed by atoms with Gasteiger partial charge in [-0.1, -0.05) is 19.0 Å². The molecule has 1 fully saturated rings. The summed E-state index contributed by atoms with van der Waals surface area (Å²) in [7, 11) is -3.48. The zero-order chi connectivity index (χ0) is 14.5. The third-order valence-corrected chi connectivity index (χ3v) is 5.15. The van der Waals surface area contributed by atoms with Gasteiger partial charge >= 0.3 is 0 Å². The van der Waals surface area contributed by atoms with Crippen molar-refractivity contribution >= 4 is 16.0 Å². The topological polar surface area (TPSA) is 108 Å². The first-order valence-electron chi connectivity index (χ1n) is 6.62. The van der Waals surface area contributed by atoms with E-state index >= 15 is 0 Å². The summed E-state index contributed by atoms with van der Waals surface area (Å²) >= 11 is 0. The highest BCUT2D eigenvalue weighted by Crippen LogP contribution is 2.18. The first kappa shape index (κ1) is 16.2. The first-order valence-corrected chi connectivity index (χ1v) is 8.06. The average molecular weight is 292 g/mol. The minimum Gasteiger partial charge on any atom is -0.409 e. The van der Waals surface area contributed by atoms with Crippen molar-refractivity contribution in [2.45, 2.75) is 45.6 Å². The van der Waals surface area contributed by atoms with E-state index in [1.165, 1.54) is 4.31 Å². The van der Waals surface area contributed by atoms with Gasteiger partial charge < -0.3 is 10.9 Å². The molecule has 0 aromatic carbocycles. The maximum absolute atomic E-state index is 12.2. The van der Waals surface area contributed by atoms with E-state index < -0.39 is 10.2 Å². The van der Waals surface area contributed by atoms with Gasteiger partial charge in [0, 0.05) is 25.6 Å². The molecule has 1 aliphatic heterocycles. The lowest BCUT2D eigenvalue weighted by atomic mass is 10.0. The molecule has 0 spiro atoms. The van der Waals surface area contributed by atoms with Crippen molar-refractivity contribution in [1.29, 1.82) is 0 Å². The summed E-state index contributed by atoms with van der Waals surface area (Å²) in [6, 6.07) is -0.347. The lowest BCUT2D eigenvalue weighted by Crippen LogP contribution is -2.48. The van der Waals surface area contributed by atoms with Crippen LogP contribution < -0.4 is 10.5 Å². The molecular formula is C11H24N4O3S. The van der Waals surface area contributed by atoms with Crippen molar-refractivity contribution in [3.63, 3.8) is 0 Å². The number of nitrogens with zero attached hydrogens (tertiary/aromatic N) is 2. The SMILES string of the molecule is CCC(CC(N)=NO)NS(=O)(=O)N1CCC(C)CC1. The van der Waals surface area contributed by atoms with Gasteiger partial charge in [0.2, 0.25) is 0 Å². The average Bonchev–Trinajstić information content (AvgIpc) is 2.38. The lowest BCUT2D eigenvalue weighted by Gasteiger charge is -2.30. The number of amidine groups is 1. The van der Waals surface area contributed by atoms with Crippen LogP contribution in [0.2, 0.25) is 0 Å². The normalized spacial score (nSPS) is 21.5. The van der Waals surface area contributed by atoms with Crippen LogP contribution >= 0.6 is 0 Å². The van der Waals surface area contributed by atoms with E-state index in [0.29, 0.717) is 25.4 Å². The number of nitrogens with one attached hydrogen (secondary N) is 1. The number of piperidine rings is 1. The molecule has 1 rings (SSSR count). The molecule has 112 valence electrons. The van der Waals surface area contributed by atoms with Crippen LogP contribution in [0.5, 0.6) is 0 Å². The molecule has 1 heterocycles. The number of nitrogens with two attached hydrogens (primary N) is 1. The molecule has 7 nitrogen and oxygen atoms in total. The maximum atomic E-state index is 12.2. The van der Waals surface area contributed by atoms with E-state index in [1.807, 2.05) is 6.92 Å². The smallest absolute Gasteiger partial charge is 0.279 e. The summed E-state index contributed by atoms with van der Waals surface area (Å²) in [5, 5.41) is 11.4. The first-order chi connectivity index (χ1) is 8.89. The Bertz CT molecular complexity index is 402. The van der Waals surface area contributed by atoms with Gasteiger partial charge in [0.1, 0.15) is 5.84 Å². The van der Waals surface area contributed by atoms with Crippen molar-refractivity contribution in [3.8, 4) is 0 Å². The second-order valence-electron chi connectivity index (χ2n) is 5.11. The Labute approximate surface area is 115 Å². The molecule has 1 atom stereocenters. The molecule has 0 aliphatic carbocycles. The van der Waals surface area contributed by atoms with Crippen molar-refractivity contribution in [2.75, 3.05) is 13.1 Å². The van der Waals surface area contributed by atoms with Gasteiger partial charge in [0.15, 0.2) is 0 Å². The Kier molecular flexibility index (Phi) is 6.02. The molecular weight excluding hydrogens is 268 g/mol. The maximum Gasteiger partial charge on any atom is 0.279 e. The van der Waals surface area contributed by atoms with Gasteiger partial charge in [0.05, 0.1) is 0 Å². The van der Waals surface area contributed by atoms with Crippen LogP contribution in [0, 0.1) is 5.92 Å². The highest BCUT2D eigenvalue weighted by Gasteiger charge is 2.28. The fourth-order valence-corrected chi connectivity index (χ4v) is 3.58. The van der Waals surface area contributed by atoms with E-state index in [9.17, 15) is 8.42 Å². The summed E-state index contributed by atoms with van der Waals surface area (Å²) in [4.78, 5) is 0. The van der Waals surface area contributed by atoms with Crippen LogP contribution in [0.25, 0.3) is 0 Å². The molecule has 0 aromatic heterocycles. The molecule has 0 aromatic rings. The summed E-state index contributed by atoms with van der Waals surface area (Å²) in [6.07, 6.45) is 2.56. The van der Waals surface area contributed by atoms with E-state index in [0.717, 1.165) is 12.8 Å². The fourth-order valence-electron chi connectivity index (χ4n) is 2.07. The highest BCUT2D eigenvalue weighted by atomic mass is 32.2. The second-order valence-corrected chi connectivity index (χ2v) is 6.81. The van der Waals surface area contributed by atoms with Crippen molar-refractivity contribution in [1.82, 2.24) is 9.03 Å². The van der Waals surface area contributed by atoms with E-state index in [1.54, 1.807) is 0 Å². The standard InChI is InChI=1S/C11H24N4O3S/c1-3-10(8-11(12)13-16)14-19(17,18)15-6-4-9(2)5-7-15/h9-10,14,16H,3-8H2,1-2H3,(H2,12,13). The number of hydrogen-bond acceptors (Lipinski definition) is 4. The van der Waals surface area contributed by atoms with E-state index in [4.69, 9.17) is 10.9 Å². The number of oxime groups is 1. The van der Waals surface area contributed by atoms with Gasteiger partial charge in [-0.3, -0.25) is 0 Å². The Morgan fingerprint density at radius 3 is 2.58 bits per heavy atom. The molecule has 1 saturated heterocycles. The summed E-state index contributed by atoms with van der Waals surface area (Å²) in [5.41, 5.74) is 5.42. The third kappa shape index (κ3) is 4.96. The van der Waals surface area contributed by atoms with Crippen LogP contribution in [0.4, 0.5) is 0 Å². The van der Waals surface area contributed by atoms with Gasteiger partial charge in [-0.25, -0.2) is 0 Å². The molecule has 1 aliphatic rings. The summed E-state index contributed by atoms with van der Waals surface area (Å²) in [5.74, 6) is 0.604.